The van der Waals surface area contributed by atoms with Crippen LogP contribution in [0, 0.1) is 16.7 Å². The Morgan fingerprint density at radius 1 is 1.47 bits per heavy atom. The first-order chi connectivity index (χ1) is 9.10. The Labute approximate surface area is 114 Å². The molecule has 1 aliphatic rings. The SMILES string of the molecule is COc1ccc(NCC2(C#N)COC2)cc1C(C)C. The predicted octanol–water partition coefficient (Wildman–Crippen LogP) is 2.77. The van der Waals surface area contributed by atoms with Crippen molar-refractivity contribution in [3.05, 3.63) is 23.8 Å². The molecule has 0 amide bonds. The minimum Gasteiger partial charge on any atom is -0.496 e. The fourth-order valence-electron chi connectivity index (χ4n) is 2.12. The van der Waals surface area contributed by atoms with E-state index in [4.69, 9.17) is 14.7 Å². The van der Waals surface area contributed by atoms with Gasteiger partial charge in [-0.1, -0.05) is 13.8 Å². The largest absolute Gasteiger partial charge is 0.496 e. The number of hydrogen-bond acceptors (Lipinski definition) is 4. The standard InChI is InChI=1S/C15H20N2O2/c1-11(2)13-6-12(4-5-14(13)18-3)17-8-15(7-16)9-19-10-15/h4-6,11,17H,8-10H2,1-3H3. The lowest BCUT2D eigenvalue weighted by Crippen LogP contribution is -2.46. The molecule has 1 fully saturated rings. The van der Waals surface area contributed by atoms with Gasteiger partial charge < -0.3 is 14.8 Å². The first-order valence-corrected chi connectivity index (χ1v) is 6.51. The molecule has 1 aliphatic heterocycles. The molecule has 0 unspecified atom stereocenters. The molecule has 0 bridgehead atoms. The predicted molar refractivity (Wildman–Crippen MR) is 74.4 cm³/mol. The summed E-state index contributed by atoms with van der Waals surface area (Å²) in [6.07, 6.45) is 0. The summed E-state index contributed by atoms with van der Waals surface area (Å²) in [6.45, 7) is 5.93. The van der Waals surface area contributed by atoms with Gasteiger partial charge in [-0.15, -0.1) is 0 Å². The first-order valence-electron chi connectivity index (χ1n) is 6.51. The number of ether oxygens (including phenoxy) is 2. The van der Waals surface area contributed by atoms with Crippen molar-refractivity contribution in [3.63, 3.8) is 0 Å². The summed E-state index contributed by atoms with van der Waals surface area (Å²) in [4.78, 5) is 0. The van der Waals surface area contributed by atoms with Crippen LogP contribution in [-0.4, -0.2) is 26.9 Å². The van der Waals surface area contributed by atoms with Crippen LogP contribution in [0.4, 0.5) is 5.69 Å². The summed E-state index contributed by atoms with van der Waals surface area (Å²) in [5.74, 6) is 1.30. The van der Waals surface area contributed by atoms with Crippen LogP contribution in [0.2, 0.25) is 0 Å². The van der Waals surface area contributed by atoms with E-state index in [0.717, 1.165) is 11.4 Å². The number of rotatable bonds is 5. The molecular formula is C15H20N2O2. The number of anilines is 1. The zero-order valence-corrected chi connectivity index (χ0v) is 11.7. The van der Waals surface area contributed by atoms with Crippen LogP contribution in [0.5, 0.6) is 5.75 Å². The molecule has 4 nitrogen and oxygen atoms in total. The quantitative estimate of drug-likeness (QED) is 0.884. The highest BCUT2D eigenvalue weighted by molar-refractivity contribution is 5.52. The fourth-order valence-corrected chi connectivity index (χ4v) is 2.12. The Hall–Kier alpha value is -1.73. The van der Waals surface area contributed by atoms with Crippen molar-refractivity contribution < 1.29 is 9.47 Å². The van der Waals surface area contributed by atoms with Gasteiger partial charge in [0.25, 0.3) is 0 Å². The molecular weight excluding hydrogens is 240 g/mol. The van der Waals surface area contributed by atoms with Crippen LogP contribution in [0.1, 0.15) is 25.3 Å². The van der Waals surface area contributed by atoms with Gasteiger partial charge in [-0.05, 0) is 29.7 Å². The van der Waals surface area contributed by atoms with Crippen molar-refractivity contribution in [2.75, 3.05) is 32.2 Å². The summed E-state index contributed by atoms with van der Waals surface area (Å²) >= 11 is 0. The van der Waals surface area contributed by atoms with Crippen LogP contribution in [0.15, 0.2) is 18.2 Å². The highest BCUT2D eigenvalue weighted by Crippen LogP contribution is 2.31. The Kier molecular flexibility index (Phi) is 3.96. The number of benzene rings is 1. The second-order valence-corrected chi connectivity index (χ2v) is 5.35. The van der Waals surface area contributed by atoms with Crippen LogP contribution < -0.4 is 10.1 Å². The van der Waals surface area contributed by atoms with Gasteiger partial charge >= 0.3 is 0 Å². The Balaban J connectivity index is 2.09. The van der Waals surface area contributed by atoms with Gasteiger partial charge in [0.15, 0.2) is 0 Å². The third kappa shape index (κ3) is 2.82. The van der Waals surface area contributed by atoms with E-state index in [1.54, 1.807) is 7.11 Å². The molecule has 0 aliphatic carbocycles. The van der Waals surface area contributed by atoms with E-state index in [2.05, 4.69) is 31.3 Å². The smallest absolute Gasteiger partial charge is 0.122 e. The molecule has 1 aromatic rings. The molecule has 1 heterocycles. The van der Waals surface area contributed by atoms with Crippen molar-refractivity contribution in [2.24, 2.45) is 5.41 Å². The van der Waals surface area contributed by atoms with Gasteiger partial charge in [-0.3, -0.25) is 0 Å². The number of methoxy groups -OCH3 is 1. The van der Waals surface area contributed by atoms with Gasteiger partial charge in [0.2, 0.25) is 0 Å². The van der Waals surface area contributed by atoms with E-state index in [0.29, 0.717) is 25.7 Å². The third-order valence-corrected chi connectivity index (χ3v) is 3.48. The summed E-state index contributed by atoms with van der Waals surface area (Å²) < 4.78 is 10.5. The number of nitrogens with one attached hydrogen (secondary N) is 1. The molecule has 0 radical (unpaired) electrons. The topological polar surface area (TPSA) is 54.3 Å². The molecule has 4 heteroatoms. The van der Waals surface area contributed by atoms with Gasteiger partial charge in [-0.2, -0.15) is 5.26 Å². The van der Waals surface area contributed by atoms with Crippen molar-refractivity contribution in [2.45, 2.75) is 19.8 Å². The van der Waals surface area contributed by atoms with E-state index >= 15 is 0 Å². The maximum absolute atomic E-state index is 9.15. The second kappa shape index (κ2) is 5.50. The van der Waals surface area contributed by atoms with Crippen molar-refractivity contribution in [1.82, 2.24) is 0 Å². The monoisotopic (exact) mass is 260 g/mol. The highest BCUT2D eigenvalue weighted by Gasteiger charge is 2.38. The van der Waals surface area contributed by atoms with Gasteiger partial charge in [-0.25, -0.2) is 0 Å². The summed E-state index contributed by atoms with van der Waals surface area (Å²) in [6, 6.07) is 8.37. The molecule has 0 aromatic heterocycles. The van der Waals surface area contributed by atoms with E-state index in [1.807, 2.05) is 12.1 Å². The molecule has 0 spiro atoms. The van der Waals surface area contributed by atoms with Crippen LogP contribution in [-0.2, 0) is 4.74 Å². The number of hydrogen-bond donors (Lipinski definition) is 1. The van der Waals surface area contributed by atoms with Gasteiger partial charge in [0.05, 0.1) is 26.4 Å². The average Bonchev–Trinajstić information content (AvgIpc) is 2.37. The highest BCUT2D eigenvalue weighted by atomic mass is 16.5. The van der Waals surface area contributed by atoms with Crippen LogP contribution in [0.3, 0.4) is 0 Å². The molecule has 102 valence electrons. The zero-order valence-electron chi connectivity index (χ0n) is 11.7. The average molecular weight is 260 g/mol. The Bertz CT molecular complexity index is 487. The molecule has 2 rings (SSSR count). The number of nitrogens with zero attached hydrogens (tertiary/aromatic N) is 1. The summed E-state index contributed by atoms with van der Waals surface area (Å²) in [5.41, 5.74) is 1.83. The third-order valence-electron chi connectivity index (χ3n) is 3.48. The lowest BCUT2D eigenvalue weighted by molar-refractivity contribution is -0.0690. The first kappa shape index (κ1) is 13.7. The summed E-state index contributed by atoms with van der Waals surface area (Å²) in [5, 5.41) is 12.5. The lowest BCUT2D eigenvalue weighted by Gasteiger charge is -2.35. The van der Waals surface area contributed by atoms with E-state index in [9.17, 15) is 0 Å². The maximum Gasteiger partial charge on any atom is 0.122 e. The van der Waals surface area contributed by atoms with E-state index < -0.39 is 0 Å². The van der Waals surface area contributed by atoms with E-state index in [1.165, 1.54) is 5.56 Å². The lowest BCUT2D eigenvalue weighted by atomic mass is 9.88. The second-order valence-electron chi connectivity index (χ2n) is 5.35. The normalized spacial score (nSPS) is 16.6. The molecule has 1 saturated heterocycles. The molecule has 0 atom stereocenters. The number of nitriles is 1. The van der Waals surface area contributed by atoms with Crippen LogP contribution >= 0.6 is 0 Å². The minimum atomic E-state index is -0.363. The fraction of sp³-hybridized carbons (Fsp3) is 0.533. The molecule has 19 heavy (non-hydrogen) atoms. The molecule has 1 aromatic carbocycles. The van der Waals surface area contributed by atoms with Gasteiger partial charge in [0.1, 0.15) is 11.2 Å². The minimum absolute atomic E-state index is 0.363. The maximum atomic E-state index is 9.15. The molecule has 1 N–H and O–H groups in total. The molecule has 0 saturated carbocycles. The van der Waals surface area contributed by atoms with Crippen LogP contribution in [0.25, 0.3) is 0 Å². The Morgan fingerprint density at radius 2 is 2.21 bits per heavy atom. The zero-order chi connectivity index (χ0) is 13.9. The Morgan fingerprint density at radius 3 is 2.68 bits per heavy atom. The van der Waals surface area contributed by atoms with Crippen molar-refractivity contribution in [1.29, 1.82) is 5.26 Å². The summed E-state index contributed by atoms with van der Waals surface area (Å²) in [7, 11) is 1.69. The van der Waals surface area contributed by atoms with Gasteiger partial charge in [0, 0.05) is 12.2 Å². The van der Waals surface area contributed by atoms with Crippen molar-refractivity contribution >= 4 is 5.69 Å². The van der Waals surface area contributed by atoms with E-state index in [-0.39, 0.29) is 5.41 Å². The van der Waals surface area contributed by atoms with Crippen molar-refractivity contribution in [3.8, 4) is 11.8 Å².